The monoisotopic (exact) mass is 287 g/mol. The molecule has 2 N–H and O–H groups in total. The molecular weight excluding hydrogens is 262 g/mol. The van der Waals surface area contributed by atoms with Crippen LogP contribution in [0.3, 0.4) is 0 Å². The largest absolute Gasteiger partial charge is 0.437 e. The molecule has 0 radical (unpaired) electrons. The Bertz CT molecular complexity index is 636. The van der Waals surface area contributed by atoms with E-state index in [2.05, 4.69) is 51.9 Å². The number of nitrogens with two attached hydrogens (primary N) is 1. The number of nitrogens with zero attached hydrogens (tertiary/aromatic N) is 2. The normalized spacial score (nSPS) is 12.0. The maximum Gasteiger partial charge on any atom is 0.241 e. The van der Waals surface area contributed by atoms with Crippen molar-refractivity contribution in [1.29, 1.82) is 0 Å². The molecule has 2 aromatic rings. The second-order valence-electron chi connectivity index (χ2n) is 6.72. The third kappa shape index (κ3) is 3.20. The van der Waals surface area contributed by atoms with Gasteiger partial charge in [-0.2, -0.15) is 5.10 Å². The van der Waals surface area contributed by atoms with E-state index < -0.39 is 0 Å². The molecular formula is C17H25N3O. The van der Waals surface area contributed by atoms with Crippen LogP contribution in [0.25, 0.3) is 0 Å². The van der Waals surface area contributed by atoms with Crippen molar-refractivity contribution < 1.29 is 4.74 Å². The van der Waals surface area contributed by atoms with Gasteiger partial charge in [-0.05, 0) is 43.9 Å². The van der Waals surface area contributed by atoms with Crippen LogP contribution in [0.15, 0.2) is 24.3 Å². The Morgan fingerprint density at radius 3 is 2.48 bits per heavy atom. The molecule has 1 aromatic heterocycles. The van der Waals surface area contributed by atoms with Gasteiger partial charge in [0.1, 0.15) is 11.4 Å². The summed E-state index contributed by atoms with van der Waals surface area (Å²) in [6.07, 6.45) is 0. The Labute approximate surface area is 126 Å². The molecule has 0 atom stereocenters. The molecule has 0 saturated carbocycles. The van der Waals surface area contributed by atoms with Gasteiger partial charge in [-0.15, -0.1) is 0 Å². The lowest BCUT2D eigenvalue weighted by Gasteiger charge is -2.20. The molecule has 0 fully saturated rings. The first kappa shape index (κ1) is 15.4. The van der Waals surface area contributed by atoms with Crippen LogP contribution in [0.5, 0.6) is 11.6 Å². The van der Waals surface area contributed by atoms with E-state index in [-0.39, 0.29) is 11.5 Å². The van der Waals surface area contributed by atoms with E-state index in [9.17, 15) is 0 Å². The first-order valence-corrected chi connectivity index (χ1v) is 7.33. The highest BCUT2D eigenvalue weighted by molar-refractivity contribution is 5.54. The second-order valence-corrected chi connectivity index (χ2v) is 6.72. The van der Waals surface area contributed by atoms with Crippen LogP contribution >= 0.6 is 0 Å². The summed E-state index contributed by atoms with van der Waals surface area (Å²) in [5, 5.41) is 4.44. The van der Waals surface area contributed by atoms with E-state index in [1.54, 1.807) is 0 Å². The van der Waals surface area contributed by atoms with Gasteiger partial charge in [0.15, 0.2) is 0 Å². The lowest BCUT2D eigenvalue weighted by atomic mass is 9.87. The fourth-order valence-electron chi connectivity index (χ4n) is 2.13. The van der Waals surface area contributed by atoms with Crippen molar-refractivity contribution in [3.8, 4) is 11.6 Å². The topological polar surface area (TPSA) is 53.1 Å². The highest BCUT2D eigenvalue weighted by atomic mass is 16.5. The van der Waals surface area contributed by atoms with Crippen LogP contribution in [0.2, 0.25) is 0 Å². The quantitative estimate of drug-likeness (QED) is 0.907. The average molecular weight is 287 g/mol. The van der Waals surface area contributed by atoms with Gasteiger partial charge >= 0.3 is 0 Å². The minimum absolute atomic E-state index is 0.0825. The minimum Gasteiger partial charge on any atom is -0.437 e. The predicted molar refractivity (Wildman–Crippen MR) is 87.0 cm³/mol. The Morgan fingerprint density at radius 1 is 1.24 bits per heavy atom. The van der Waals surface area contributed by atoms with E-state index in [1.807, 2.05) is 23.7 Å². The summed E-state index contributed by atoms with van der Waals surface area (Å²) in [4.78, 5) is 0. The molecule has 0 bridgehead atoms. The zero-order valence-electron chi connectivity index (χ0n) is 13.8. The molecule has 4 nitrogen and oxygen atoms in total. The van der Waals surface area contributed by atoms with Gasteiger partial charge < -0.3 is 10.5 Å². The van der Waals surface area contributed by atoms with Crippen LogP contribution in [0.1, 0.15) is 51.9 Å². The molecule has 4 heteroatoms. The molecule has 0 aliphatic rings. The molecule has 0 amide bonds. The number of aryl methyl sites for hydroxylation is 1. The summed E-state index contributed by atoms with van der Waals surface area (Å²) in [5.41, 5.74) is 8.81. The summed E-state index contributed by atoms with van der Waals surface area (Å²) in [5.74, 6) is 1.41. The fraction of sp³-hybridized carbons (Fsp3) is 0.471. The zero-order chi connectivity index (χ0) is 15.8. The number of hydrogen-bond acceptors (Lipinski definition) is 3. The van der Waals surface area contributed by atoms with Crippen LogP contribution in [0.4, 0.5) is 5.69 Å². The van der Waals surface area contributed by atoms with Crippen molar-refractivity contribution in [3.63, 3.8) is 0 Å². The molecule has 114 valence electrons. The third-order valence-corrected chi connectivity index (χ3v) is 3.49. The van der Waals surface area contributed by atoms with E-state index >= 15 is 0 Å². The summed E-state index contributed by atoms with van der Waals surface area (Å²) < 4.78 is 7.86. The van der Waals surface area contributed by atoms with Crippen molar-refractivity contribution in [2.45, 2.75) is 53.0 Å². The maximum atomic E-state index is 6.10. The SMILES string of the molecule is Cc1nn(C(C)C)c(Oc2cccc(C(C)(C)C)c2)c1N. The van der Waals surface area contributed by atoms with Gasteiger partial charge in [0.05, 0.1) is 11.7 Å². The number of hydrogen-bond donors (Lipinski definition) is 1. The third-order valence-electron chi connectivity index (χ3n) is 3.49. The van der Waals surface area contributed by atoms with E-state index in [0.717, 1.165) is 11.4 Å². The highest BCUT2D eigenvalue weighted by Crippen LogP contribution is 2.34. The van der Waals surface area contributed by atoms with Crippen molar-refractivity contribution in [2.24, 2.45) is 0 Å². The fourth-order valence-corrected chi connectivity index (χ4v) is 2.13. The molecule has 1 heterocycles. The summed E-state index contributed by atoms with van der Waals surface area (Å²) >= 11 is 0. The molecule has 0 saturated heterocycles. The second kappa shape index (κ2) is 5.43. The summed E-state index contributed by atoms with van der Waals surface area (Å²) in [6, 6.07) is 8.33. The molecule has 1 aromatic carbocycles. The first-order chi connectivity index (χ1) is 9.70. The van der Waals surface area contributed by atoms with E-state index in [4.69, 9.17) is 10.5 Å². The number of nitrogen functional groups attached to an aromatic ring is 1. The first-order valence-electron chi connectivity index (χ1n) is 7.33. The Kier molecular flexibility index (Phi) is 3.99. The van der Waals surface area contributed by atoms with Gasteiger partial charge in [-0.3, -0.25) is 0 Å². The standard InChI is InChI=1S/C17H25N3O/c1-11(2)20-16(15(18)12(3)19-20)21-14-9-7-8-13(10-14)17(4,5)6/h7-11H,18H2,1-6H3. The van der Waals surface area contributed by atoms with Crippen molar-refractivity contribution in [3.05, 3.63) is 35.5 Å². The number of anilines is 1. The van der Waals surface area contributed by atoms with Crippen LogP contribution < -0.4 is 10.5 Å². The van der Waals surface area contributed by atoms with E-state index in [1.165, 1.54) is 5.56 Å². The summed E-state index contributed by atoms with van der Waals surface area (Å²) in [7, 11) is 0. The molecule has 21 heavy (non-hydrogen) atoms. The predicted octanol–water partition coefficient (Wildman–Crippen LogP) is 4.44. The van der Waals surface area contributed by atoms with E-state index in [0.29, 0.717) is 11.6 Å². The molecule has 0 unspecified atom stereocenters. The van der Waals surface area contributed by atoms with Gasteiger partial charge in [-0.25, -0.2) is 4.68 Å². The Balaban J connectivity index is 2.39. The lowest BCUT2D eigenvalue weighted by molar-refractivity contribution is 0.388. The number of ether oxygens (including phenoxy) is 1. The van der Waals surface area contributed by atoms with Gasteiger partial charge in [0.25, 0.3) is 0 Å². The Morgan fingerprint density at radius 2 is 1.90 bits per heavy atom. The van der Waals surface area contributed by atoms with Gasteiger partial charge in [-0.1, -0.05) is 32.9 Å². The average Bonchev–Trinajstić information content (AvgIpc) is 2.67. The lowest BCUT2D eigenvalue weighted by Crippen LogP contribution is -2.11. The van der Waals surface area contributed by atoms with Gasteiger partial charge in [0.2, 0.25) is 5.88 Å². The van der Waals surface area contributed by atoms with Crippen molar-refractivity contribution in [2.75, 3.05) is 5.73 Å². The smallest absolute Gasteiger partial charge is 0.241 e. The Hall–Kier alpha value is -1.97. The van der Waals surface area contributed by atoms with Gasteiger partial charge in [0, 0.05) is 0 Å². The highest BCUT2D eigenvalue weighted by Gasteiger charge is 2.18. The molecule has 0 aliphatic carbocycles. The van der Waals surface area contributed by atoms with Crippen molar-refractivity contribution >= 4 is 5.69 Å². The minimum atomic E-state index is 0.0825. The van der Waals surface area contributed by atoms with Crippen LogP contribution in [0, 0.1) is 6.92 Å². The van der Waals surface area contributed by atoms with Crippen LogP contribution in [-0.4, -0.2) is 9.78 Å². The number of benzene rings is 1. The molecule has 0 aliphatic heterocycles. The zero-order valence-corrected chi connectivity index (χ0v) is 13.8. The number of aromatic nitrogens is 2. The summed E-state index contributed by atoms with van der Waals surface area (Å²) in [6.45, 7) is 12.6. The number of rotatable bonds is 3. The van der Waals surface area contributed by atoms with Crippen molar-refractivity contribution in [1.82, 2.24) is 9.78 Å². The molecule has 2 rings (SSSR count). The van der Waals surface area contributed by atoms with Crippen LogP contribution in [-0.2, 0) is 5.41 Å². The maximum absolute atomic E-state index is 6.10. The molecule has 0 spiro atoms.